The highest BCUT2D eigenvalue weighted by Crippen LogP contribution is 2.33. The molecule has 3 unspecified atom stereocenters. The molecule has 0 bridgehead atoms. The van der Waals surface area contributed by atoms with E-state index in [2.05, 4.69) is 26.9 Å². The number of hydrogen-bond acceptors (Lipinski definition) is 6. The van der Waals surface area contributed by atoms with Gasteiger partial charge in [-0.25, -0.2) is 23.0 Å². The standard InChI is InChI=1S/C27H32F2N4O3S/c1-6-7-17(2)18(3)27(34)33-37(5,35)16-19-10-11-30-25(12-19)32-26-14-22(23(29)15-31-26)21-9-8-20(28)13-24(21)36-4/h8-18H,6-7H2,1-5H3,(H,30,31,32)(H,33,34,35). The molecular formula is C27H32F2N4O3S. The number of aromatic nitrogens is 2. The molecule has 2 heterocycles. The zero-order chi connectivity index (χ0) is 27.2. The monoisotopic (exact) mass is 530 g/mol. The van der Waals surface area contributed by atoms with Gasteiger partial charge in [0.15, 0.2) is 0 Å². The van der Waals surface area contributed by atoms with Crippen LogP contribution in [0.2, 0.25) is 0 Å². The minimum atomic E-state index is -2.82. The van der Waals surface area contributed by atoms with Crippen LogP contribution in [-0.2, 0) is 14.5 Å². The van der Waals surface area contributed by atoms with Crippen molar-refractivity contribution in [3.63, 3.8) is 0 Å². The lowest BCUT2D eigenvalue weighted by molar-refractivity contribution is -0.124. The zero-order valence-corrected chi connectivity index (χ0v) is 22.4. The van der Waals surface area contributed by atoms with E-state index < -0.39 is 21.3 Å². The highest BCUT2D eigenvalue weighted by molar-refractivity contribution is 7.99. The normalized spacial score (nSPS) is 14.2. The summed E-state index contributed by atoms with van der Waals surface area (Å²) >= 11 is 0. The van der Waals surface area contributed by atoms with E-state index in [0.717, 1.165) is 19.0 Å². The van der Waals surface area contributed by atoms with E-state index in [9.17, 15) is 17.8 Å². The lowest BCUT2D eigenvalue weighted by atomic mass is 9.91. The second-order valence-electron chi connectivity index (χ2n) is 9.04. The number of methoxy groups -OCH3 is 1. The van der Waals surface area contributed by atoms with E-state index >= 15 is 0 Å². The molecule has 0 aliphatic heterocycles. The number of carbonyl (C=O) groups excluding carboxylic acids is 1. The summed E-state index contributed by atoms with van der Waals surface area (Å²) in [5, 5.41) is 4.49. The van der Waals surface area contributed by atoms with Crippen LogP contribution in [-0.4, -0.2) is 38.8 Å². The predicted molar refractivity (Wildman–Crippen MR) is 144 cm³/mol. The first-order chi connectivity index (χ1) is 17.5. The van der Waals surface area contributed by atoms with Crippen molar-refractivity contribution in [1.29, 1.82) is 0 Å². The second kappa shape index (κ2) is 12.1. The van der Waals surface area contributed by atoms with Crippen LogP contribution in [0.5, 0.6) is 5.75 Å². The number of anilines is 2. The van der Waals surface area contributed by atoms with Gasteiger partial charge in [0.1, 0.15) is 29.0 Å². The van der Waals surface area contributed by atoms with Crippen molar-refractivity contribution in [3.8, 4) is 16.9 Å². The lowest BCUT2D eigenvalue weighted by Gasteiger charge is -2.19. The summed E-state index contributed by atoms with van der Waals surface area (Å²) in [7, 11) is -1.44. The maximum absolute atomic E-state index is 14.6. The molecule has 0 fully saturated rings. The molecule has 3 aromatic rings. The summed E-state index contributed by atoms with van der Waals surface area (Å²) in [6, 6.07) is 8.59. The summed E-state index contributed by atoms with van der Waals surface area (Å²) in [4.78, 5) is 20.9. The number of hydrogen-bond donors (Lipinski definition) is 2. The van der Waals surface area contributed by atoms with E-state index in [0.29, 0.717) is 16.9 Å². The van der Waals surface area contributed by atoms with Crippen LogP contribution < -0.4 is 14.8 Å². The quantitative estimate of drug-likeness (QED) is 0.344. The fourth-order valence-electron chi connectivity index (χ4n) is 3.87. The Kier molecular flexibility index (Phi) is 9.20. The minimum Gasteiger partial charge on any atom is -0.496 e. The number of amides is 1. The summed E-state index contributed by atoms with van der Waals surface area (Å²) in [5.74, 6) is -0.593. The zero-order valence-electron chi connectivity index (χ0n) is 21.5. The highest BCUT2D eigenvalue weighted by Gasteiger charge is 2.21. The van der Waals surface area contributed by atoms with Crippen LogP contribution in [0.3, 0.4) is 0 Å². The smallest absolute Gasteiger partial charge is 0.234 e. The van der Waals surface area contributed by atoms with Crippen molar-refractivity contribution >= 4 is 32.6 Å². The molecule has 0 saturated heterocycles. The van der Waals surface area contributed by atoms with Gasteiger partial charge in [-0.05, 0) is 41.8 Å². The van der Waals surface area contributed by atoms with Crippen LogP contribution in [0.25, 0.3) is 11.1 Å². The van der Waals surface area contributed by atoms with Crippen molar-refractivity contribution < 1.29 is 22.5 Å². The van der Waals surface area contributed by atoms with Gasteiger partial charge in [0, 0.05) is 40.9 Å². The fourth-order valence-corrected chi connectivity index (χ4v) is 5.18. The third-order valence-corrected chi connectivity index (χ3v) is 7.35. The molecule has 3 atom stereocenters. The van der Waals surface area contributed by atoms with Crippen molar-refractivity contribution in [1.82, 2.24) is 14.7 Å². The number of nitrogens with one attached hydrogen (secondary N) is 2. The van der Waals surface area contributed by atoms with E-state index in [1.54, 1.807) is 12.1 Å². The Labute approximate surface area is 216 Å². The summed E-state index contributed by atoms with van der Waals surface area (Å²) < 4.78 is 49.2. The third kappa shape index (κ3) is 7.48. The molecule has 0 saturated carbocycles. The molecule has 0 spiro atoms. The van der Waals surface area contributed by atoms with Crippen LogP contribution in [0, 0.1) is 23.5 Å². The summed E-state index contributed by atoms with van der Waals surface area (Å²) in [6.45, 7) is 5.91. The maximum atomic E-state index is 14.6. The molecule has 1 amide bonds. The number of benzene rings is 1. The first kappa shape index (κ1) is 28.0. The van der Waals surface area contributed by atoms with Gasteiger partial charge in [-0.2, -0.15) is 0 Å². The molecule has 198 valence electrons. The Bertz CT molecular complexity index is 1390. The fraction of sp³-hybridized carbons (Fsp3) is 0.333. The van der Waals surface area contributed by atoms with E-state index in [1.807, 2.05) is 13.8 Å². The average Bonchev–Trinajstić information content (AvgIpc) is 2.84. The van der Waals surface area contributed by atoms with Gasteiger partial charge < -0.3 is 10.1 Å². The van der Waals surface area contributed by atoms with Crippen molar-refractivity contribution in [3.05, 3.63) is 66.0 Å². The summed E-state index contributed by atoms with van der Waals surface area (Å²) in [5.41, 5.74) is 1.11. The van der Waals surface area contributed by atoms with Crippen LogP contribution in [0.4, 0.5) is 20.4 Å². The topological polar surface area (TPSA) is 93.2 Å². The highest BCUT2D eigenvalue weighted by atomic mass is 32.2. The molecule has 10 heteroatoms. The summed E-state index contributed by atoms with van der Waals surface area (Å²) in [6.07, 6.45) is 5.92. The molecule has 0 aliphatic rings. The van der Waals surface area contributed by atoms with Crippen LogP contribution in [0.1, 0.15) is 39.2 Å². The Morgan fingerprint density at radius 3 is 2.54 bits per heavy atom. The SMILES string of the molecule is CCCC(C)C(C)C(=O)NS(C)(=O)=Cc1ccnc(Nc2cc(-c3ccc(F)cc3OC)c(F)cn2)c1. The van der Waals surface area contributed by atoms with Crippen LogP contribution in [0.15, 0.2) is 48.8 Å². The third-order valence-electron chi connectivity index (χ3n) is 6.02. The first-order valence-corrected chi connectivity index (χ1v) is 13.9. The Balaban J connectivity index is 1.83. The van der Waals surface area contributed by atoms with Crippen molar-refractivity contribution in [2.45, 2.75) is 33.6 Å². The number of pyridine rings is 2. The lowest BCUT2D eigenvalue weighted by Crippen LogP contribution is -2.37. The predicted octanol–water partition coefficient (Wildman–Crippen LogP) is 5.34. The van der Waals surface area contributed by atoms with Gasteiger partial charge >= 0.3 is 0 Å². The van der Waals surface area contributed by atoms with Crippen LogP contribution >= 0.6 is 0 Å². The molecule has 3 rings (SSSR count). The average molecular weight is 531 g/mol. The van der Waals surface area contributed by atoms with Gasteiger partial charge in [0.05, 0.1) is 23.0 Å². The molecular weight excluding hydrogens is 498 g/mol. The van der Waals surface area contributed by atoms with E-state index in [-0.39, 0.29) is 34.9 Å². The van der Waals surface area contributed by atoms with E-state index in [1.165, 1.54) is 49.2 Å². The van der Waals surface area contributed by atoms with E-state index in [4.69, 9.17) is 4.74 Å². The molecule has 7 nitrogen and oxygen atoms in total. The maximum Gasteiger partial charge on any atom is 0.234 e. The Hall–Kier alpha value is -3.53. The number of halogens is 2. The molecule has 1 aromatic carbocycles. The Morgan fingerprint density at radius 2 is 1.84 bits per heavy atom. The first-order valence-electron chi connectivity index (χ1n) is 11.9. The molecule has 2 N–H and O–H groups in total. The van der Waals surface area contributed by atoms with Gasteiger partial charge in [-0.1, -0.05) is 33.6 Å². The van der Waals surface area contributed by atoms with Gasteiger partial charge in [0.25, 0.3) is 0 Å². The number of ether oxygens (including phenoxy) is 1. The van der Waals surface area contributed by atoms with Crippen molar-refractivity contribution in [2.24, 2.45) is 11.8 Å². The molecule has 37 heavy (non-hydrogen) atoms. The number of carbonyl (C=O) groups is 1. The minimum absolute atomic E-state index is 0.169. The molecule has 0 radical (unpaired) electrons. The van der Waals surface area contributed by atoms with Crippen molar-refractivity contribution in [2.75, 3.05) is 18.7 Å². The number of rotatable bonds is 10. The molecule has 2 aromatic heterocycles. The van der Waals surface area contributed by atoms with Gasteiger partial charge in [0.2, 0.25) is 5.91 Å². The van der Waals surface area contributed by atoms with Gasteiger partial charge in [-0.15, -0.1) is 0 Å². The Morgan fingerprint density at radius 1 is 1.11 bits per heavy atom. The molecule has 0 aliphatic carbocycles. The number of nitrogens with zero attached hydrogens (tertiary/aromatic N) is 2. The second-order valence-corrected chi connectivity index (χ2v) is 11.3. The van der Waals surface area contributed by atoms with Gasteiger partial charge in [-0.3, -0.25) is 9.52 Å². The largest absolute Gasteiger partial charge is 0.496 e.